The molecule has 0 saturated carbocycles. The van der Waals surface area contributed by atoms with E-state index >= 15 is 0 Å². The molecular formula is C13H16F2N2O3. The van der Waals surface area contributed by atoms with Crippen LogP contribution in [-0.2, 0) is 4.79 Å². The van der Waals surface area contributed by atoms with Gasteiger partial charge in [0.25, 0.3) is 0 Å². The molecule has 1 aromatic carbocycles. The van der Waals surface area contributed by atoms with E-state index in [1.165, 1.54) is 11.8 Å². The number of nitrogens with one attached hydrogen (secondary N) is 1. The van der Waals surface area contributed by atoms with Crippen LogP contribution < -0.4 is 5.32 Å². The van der Waals surface area contributed by atoms with Crippen molar-refractivity contribution in [2.24, 2.45) is 5.92 Å². The summed E-state index contributed by atoms with van der Waals surface area (Å²) in [5.74, 6) is -3.39. The van der Waals surface area contributed by atoms with Gasteiger partial charge in [-0.1, -0.05) is 6.92 Å². The van der Waals surface area contributed by atoms with Crippen molar-refractivity contribution in [2.75, 3.05) is 18.4 Å². The highest BCUT2D eigenvalue weighted by Gasteiger charge is 2.20. The third-order valence-electron chi connectivity index (χ3n) is 2.76. The minimum Gasteiger partial charge on any atom is -0.481 e. The van der Waals surface area contributed by atoms with E-state index < -0.39 is 29.6 Å². The van der Waals surface area contributed by atoms with Crippen LogP contribution in [0.2, 0.25) is 0 Å². The van der Waals surface area contributed by atoms with Gasteiger partial charge in [0.1, 0.15) is 11.6 Å². The average molecular weight is 286 g/mol. The van der Waals surface area contributed by atoms with Crippen LogP contribution in [-0.4, -0.2) is 35.1 Å². The molecule has 0 radical (unpaired) electrons. The zero-order valence-electron chi connectivity index (χ0n) is 11.2. The number of aliphatic carboxylic acids is 1. The van der Waals surface area contributed by atoms with Gasteiger partial charge in [-0.2, -0.15) is 0 Å². The van der Waals surface area contributed by atoms with Crippen molar-refractivity contribution in [2.45, 2.75) is 13.8 Å². The molecule has 0 heterocycles. The first-order valence-corrected chi connectivity index (χ1v) is 6.09. The second-order valence-corrected chi connectivity index (χ2v) is 4.33. The van der Waals surface area contributed by atoms with Gasteiger partial charge in [0.05, 0.1) is 11.6 Å². The summed E-state index contributed by atoms with van der Waals surface area (Å²) in [5.41, 5.74) is -0.155. The molecule has 1 aromatic rings. The normalized spacial score (nSPS) is 11.8. The van der Waals surface area contributed by atoms with E-state index in [2.05, 4.69) is 5.32 Å². The highest BCUT2D eigenvalue weighted by molar-refractivity contribution is 5.89. The van der Waals surface area contributed by atoms with E-state index in [0.717, 1.165) is 12.1 Å². The summed E-state index contributed by atoms with van der Waals surface area (Å²) in [6.07, 6.45) is 0. The summed E-state index contributed by atoms with van der Waals surface area (Å²) in [5, 5.41) is 11.1. The van der Waals surface area contributed by atoms with Gasteiger partial charge >= 0.3 is 12.0 Å². The lowest BCUT2D eigenvalue weighted by Crippen LogP contribution is -2.39. The number of benzene rings is 1. The summed E-state index contributed by atoms with van der Waals surface area (Å²) in [7, 11) is 0. The Hall–Kier alpha value is -2.18. The van der Waals surface area contributed by atoms with Crippen LogP contribution in [0, 0.1) is 17.6 Å². The number of carboxylic acid groups (broad SMARTS) is 1. The summed E-state index contributed by atoms with van der Waals surface area (Å²) in [4.78, 5) is 23.9. The van der Waals surface area contributed by atoms with Crippen LogP contribution in [0.15, 0.2) is 18.2 Å². The minimum absolute atomic E-state index is 0.000477. The lowest BCUT2D eigenvalue weighted by molar-refractivity contribution is -0.141. The number of carbonyl (C=O) groups is 2. The molecule has 0 fully saturated rings. The SMILES string of the molecule is CCN(CC(C)C(=O)O)C(=O)Nc1ccc(F)cc1F. The number of anilines is 1. The fraction of sp³-hybridized carbons (Fsp3) is 0.385. The largest absolute Gasteiger partial charge is 0.481 e. The Balaban J connectivity index is 2.74. The summed E-state index contributed by atoms with van der Waals surface area (Å²) < 4.78 is 26.1. The second kappa shape index (κ2) is 6.83. The number of rotatable bonds is 5. The lowest BCUT2D eigenvalue weighted by atomic mass is 10.2. The van der Waals surface area contributed by atoms with Gasteiger partial charge in [-0.05, 0) is 19.1 Å². The molecule has 7 heteroatoms. The monoisotopic (exact) mass is 286 g/mol. The Labute approximate surface area is 115 Å². The standard InChI is InChI=1S/C13H16F2N2O3/c1-3-17(7-8(2)12(18)19)13(20)16-11-5-4-9(14)6-10(11)15/h4-6,8H,3,7H2,1-2H3,(H,16,20)(H,18,19). The minimum atomic E-state index is -1.02. The molecule has 0 aromatic heterocycles. The van der Waals surface area contributed by atoms with E-state index in [1.807, 2.05) is 0 Å². The molecule has 0 spiro atoms. The molecule has 2 amide bonds. The highest BCUT2D eigenvalue weighted by atomic mass is 19.1. The maximum Gasteiger partial charge on any atom is 0.321 e. The first-order valence-electron chi connectivity index (χ1n) is 6.09. The van der Waals surface area contributed by atoms with Crippen molar-refractivity contribution in [3.63, 3.8) is 0 Å². The molecular weight excluding hydrogens is 270 g/mol. The molecule has 0 bridgehead atoms. The van der Waals surface area contributed by atoms with E-state index in [-0.39, 0.29) is 18.8 Å². The van der Waals surface area contributed by atoms with Gasteiger partial charge in [0.15, 0.2) is 0 Å². The number of carboxylic acids is 1. The van der Waals surface area contributed by atoms with Crippen LogP contribution >= 0.6 is 0 Å². The van der Waals surface area contributed by atoms with Crippen molar-refractivity contribution in [3.05, 3.63) is 29.8 Å². The molecule has 20 heavy (non-hydrogen) atoms. The van der Waals surface area contributed by atoms with Crippen molar-refractivity contribution < 1.29 is 23.5 Å². The Morgan fingerprint density at radius 3 is 2.55 bits per heavy atom. The second-order valence-electron chi connectivity index (χ2n) is 4.33. The molecule has 0 aliphatic carbocycles. The zero-order chi connectivity index (χ0) is 15.3. The number of urea groups is 1. The molecule has 110 valence electrons. The van der Waals surface area contributed by atoms with Crippen molar-refractivity contribution in [1.82, 2.24) is 4.90 Å². The van der Waals surface area contributed by atoms with Gasteiger partial charge in [-0.25, -0.2) is 13.6 Å². The van der Waals surface area contributed by atoms with E-state index in [9.17, 15) is 18.4 Å². The first-order chi connectivity index (χ1) is 9.35. The predicted molar refractivity (Wildman–Crippen MR) is 69.4 cm³/mol. The van der Waals surface area contributed by atoms with Crippen LogP contribution in [0.4, 0.5) is 19.3 Å². The molecule has 0 aliphatic heterocycles. The molecule has 1 unspecified atom stereocenters. The molecule has 1 rings (SSSR count). The van der Waals surface area contributed by atoms with E-state index in [1.54, 1.807) is 6.92 Å². The number of hydrogen-bond acceptors (Lipinski definition) is 2. The number of hydrogen-bond donors (Lipinski definition) is 2. The summed E-state index contributed by atoms with van der Waals surface area (Å²) in [6.45, 7) is 3.42. The molecule has 1 atom stereocenters. The quantitative estimate of drug-likeness (QED) is 0.874. The third-order valence-corrected chi connectivity index (χ3v) is 2.76. The van der Waals surface area contributed by atoms with Crippen LogP contribution in [0.25, 0.3) is 0 Å². The molecule has 5 nitrogen and oxygen atoms in total. The number of carbonyl (C=O) groups excluding carboxylic acids is 1. The Kier molecular flexibility index (Phi) is 5.42. The predicted octanol–water partition coefficient (Wildman–Crippen LogP) is 2.54. The van der Waals surface area contributed by atoms with E-state index in [4.69, 9.17) is 5.11 Å². The maximum absolute atomic E-state index is 13.4. The fourth-order valence-electron chi connectivity index (χ4n) is 1.55. The zero-order valence-corrected chi connectivity index (χ0v) is 11.2. The lowest BCUT2D eigenvalue weighted by Gasteiger charge is -2.23. The van der Waals surface area contributed by atoms with Crippen LogP contribution in [0.3, 0.4) is 0 Å². The fourth-order valence-corrected chi connectivity index (χ4v) is 1.55. The first kappa shape index (κ1) is 15.9. The molecule has 0 aliphatic rings. The van der Waals surface area contributed by atoms with E-state index in [0.29, 0.717) is 6.07 Å². The third kappa shape index (κ3) is 4.18. The molecule has 0 saturated heterocycles. The topological polar surface area (TPSA) is 69.6 Å². The molecule has 2 N–H and O–H groups in total. The summed E-state index contributed by atoms with van der Waals surface area (Å²) in [6, 6.07) is 2.16. The van der Waals surface area contributed by atoms with Crippen molar-refractivity contribution in [3.8, 4) is 0 Å². The number of amides is 2. The average Bonchev–Trinajstić information content (AvgIpc) is 2.38. The number of halogens is 2. The Bertz CT molecular complexity index is 508. The smallest absolute Gasteiger partial charge is 0.321 e. The Morgan fingerprint density at radius 1 is 1.40 bits per heavy atom. The van der Waals surface area contributed by atoms with Gasteiger partial charge in [0, 0.05) is 19.2 Å². The van der Waals surface area contributed by atoms with Gasteiger partial charge in [-0.15, -0.1) is 0 Å². The summed E-state index contributed by atoms with van der Waals surface area (Å²) >= 11 is 0. The highest BCUT2D eigenvalue weighted by Crippen LogP contribution is 2.15. The van der Waals surface area contributed by atoms with Crippen LogP contribution in [0.1, 0.15) is 13.8 Å². The van der Waals surface area contributed by atoms with Crippen molar-refractivity contribution >= 4 is 17.7 Å². The maximum atomic E-state index is 13.4. The Morgan fingerprint density at radius 2 is 2.05 bits per heavy atom. The van der Waals surface area contributed by atoms with Gasteiger partial charge in [-0.3, -0.25) is 4.79 Å². The van der Waals surface area contributed by atoms with Gasteiger partial charge in [0.2, 0.25) is 0 Å². The number of nitrogens with zero attached hydrogens (tertiary/aromatic N) is 1. The van der Waals surface area contributed by atoms with Gasteiger partial charge < -0.3 is 15.3 Å². The van der Waals surface area contributed by atoms with Crippen LogP contribution in [0.5, 0.6) is 0 Å². The van der Waals surface area contributed by atoms with Crippen molar-refractivity contribution in [1.29, 1.82) is 0 Å².